The van der Waals surface area contributed by atoms with Crippen LogP contribution in [0.15, 0.2) is 176 Å². The molecule has 0 atom stereocenters. The number of nitrogens with zero attached hydrogens (tertiary/aromatic N) is 3. The highest BCUT2D eigenvalue weighted by Gasteiger charge is 2.22. The zero-order valence-electron chi connectivity index (χ0n) is 28.0. The fourth-order valence-corrected chi connectivity index (χ4v) is 9.89. The Morgan fingerprint density at radius 3 is 1.60 bits per heavy atom. The highest BCUT2D eigenvalue weighted by atomic mass is 32.1. The zero-order valence-corrected chi connectivity index (χ0v) is 28.8. The van der Waals surface area contributed by atoms with E-state index in [0.717, 1.165) is 17.1 Å². The van der Waals surface area contributed by atoms with E-state index in [1.165, 1.54) is 85.9 Å². The maximum absolute atomic E-state index is 2.50. The normalized spacial score (nSPS) is 12.2. The molecule has 8 aromatic carbocycles. The third-order valence-corrected chi connectivity index (χ3v) is 12.2. The standard InChI is InChI=1S/C48H29N3S/c1-2-10-32(11-3-1)49(34-23-24-38-37-14-6-9-17-45(37)52-46(38)29-34)33-21-18-30(19-22-33)31-20-27-43-44(28-31)51-42-16-8-5-13-36(42)40-26-25-39-35-12-4-7-15-41(35)50(43)47(39)48(40)51/h1-29H. The predicted molar refractivity (Wildman–Crippen MR) is 223 cm³/mol. The van der Waals surface area contributed by atoms with Crippen molar-refractivity contribution in [1.29, 1.82) is 0 Å². The first-order chi connectivity index (χ1) is 25.8. The molecule has 0 aliphatic rings. The molecule has 0 aliphatic carbocycles. The molecule has 0 N–H and O–H groups in total. The Labute approximate surface area is 302 Å². The van der Waals surface area contributed by atoms with Gasteiger partial charge in [0.2, 0.25) is 0 Å². The van der Waals surface area contributed by atoms with Gasteiger partial charge in [-0.2, -0.15) is 0 Å². The van der Waals surface area contributed by atoms with E-state index in [1.807, 2.05) is 11.3 Å². The van der Waals surface area contributed by atoms with Crippen LogP contribution in [0.2, 0.25) is 0 Å². The molecule has 0 amide bonds. The Morgan fingerprint density at radius 2 is 0.865 bits per heavy atom. The first kappa shape index (κ1) is 28.1. The molecule has 0 radical (unpaired) electrons. The van der Waals surface area contributed by atoms with Gasteiger partial charge in [0, 0.05) is 58.8 Å². The van der Waals surface area contributed by atoms with Gasteiger partial charge in [0.15, 0.2) is 0 Å². The van der Waals surface area contributed by atoms with Crippen LogP contribution in [-0.4, -0.2) is 8.80 Å². The van der Waals surface area contributed by atoms with Gasteiger partial charge < -0.3 is 13.7 Å². The fraction of sp³-hybridized carbons (Fsp3) is 0. The second kappa shape index (κ2) is 10.5. The van der Waals surface area contributed by atoms with Crippen LogP contribution < -0.4 is 4.90 Å². The lowest BCUT2D eigenvalue weighted by Gasteiger charge is -2.25. The van der Waals surface area contributed by atoms with E-state index in [1.54, 1.807) is 0 Å². The Balaban J connectivity index is 1.04. The summed E-state index contributed by atoms with van der Waals surface area (Å²) in [7, 11) is 0. The number of anilines is 3. The Bertz CT molecular complexity index is 3350. The molecule has 3 nitrogen and oxygen atoms in total. The van der Waals surface area contributed by atoms with Crippen LogP contribution in [0.3, 0.4) is 0 Å². The molecular formula is C48H29N3S. The second-order valence-corrected chi connectivity index (χ2v) is 14.8. The number of aromatic nitrogens is 2. The van der Waals surface area contributed by atoms with Crippen LogP contribution >= 0.6 is 11.3 Å². The van der Waals surface area contributed by atoms with E-state index in [-0.39, 0.29) is 0 Å². The summed E-state index contributed by atoms with van der Waals surface area (Å²) in [5.74, 6) is 0. The molecule has 0 unspecified atom stereocenters. The number of fused-ring (bicyclic) bond motifs is 12. The Morgan fingerprint density at radius 1 is 0.327 bits per heavy atom. The predicted octanol–water partition coefficient (Wildman–Crippen LogP) is 13.7. The summed E-state index contributed by atoms with van der Waals surface area (Å²) in [6, 6.07) is 64.6. The van der Waals surface area contributed by atoms with Crippen molar-refractivity contribution in [3.8, 4) is 11.1 Å². The molecule has 242 valence electrons. The highest BCUT2D eigenvalue weighted by Crippen LogP contribution is 2.44. The van der Waals surface area contributed by atoms with Gasteiger partial charge in [-0.25, -0.2) is 0 Å². The van der Waals surface area contributed by atoms with Crippen molar-refractivity contribution in [2.24, 2.45) is 0 Å². The van der Waals surface area contributed by atoms with Crippen molar-refractivity contribution in [3.05, 3.63) is 176 Å². The maximum atomic E-state index is 2.50. The first-order valence-corrected chi connectivity index (χ1v) is 18.6. The molecule has 0 fully saturated rings. The Kier molecular flexibility index (Phi) is 5.65. The molecule has 12 aromatic rings. The molecule has 52 heavy (non-hydrogen) atoms. The molecule has 12 rings (SSSR count). The van der Waals surface area contributed by atoms with Crippen LogP contribution in [0, 0.1) is 0 Å². The van der Waals surface area contributed by atoms with Crippen molar-refractivity contribution in [3.63, 3.8) is 0 Å². The fourth-order valence-electron chi connectivity index (χ4n) is 8.75. The number of rotatable bonds is 4. The van der Waals surface area contributed by atoms with E-state index < -0.39 is 0 Å². The molecule has 4 aromatic heterocycles. The Hall–Kier alpha value is -6.62. The second-order valence-electron chi connectivity index (χ2n) is 13.8. The minimum atomic E-state index is 1.13. The third-order valence-electron chi connectivity index (χ3n) is 11.0. The van der Waals surface area contributed by atoms with Gasteiger partial charge in [0.05, 0.1) is 33.1 Å². The van der Waals surface area contributed by atoms with E-state index >= 15 is 0 Å². The van der Waals surface area contributed by atoms with Crippen molar-refractivity contribution in [2.75, 3.05) is 4.90 Å². The number of para-hydroxylation sites is 3. The van der Waals surface area contributed by atoms with Gasteiger partial charge in [-0.15, -0.1) is 11.3 Å². The number of benzene rings is 8. The lowest BCUT2D eigenvalue weighted by atomic mass is 10.0. The van der Waals surface area contributed by atoms with Gasteiger partial charge in [-0.3, -0.25) is 0 Å². The van der Waals surface area contributed by atoms with Crippen LogP contribution in [0.25, 0.3) is 85.9 Å². The van der Waals surface area contributed by atoms with Gasteiger partial charge in [-0.05, 0) is 77.9 Å². The molecular weight excluding hydrogens is 651 g/mol. The summed E-state index contributed by atoms with van der Waals surface area (Å²) in [5.41, 5.74) is 13.3. The number of hydrogen-bond donors (Lipinski definition) is 0. The average Bonchev–Trinajstić information content (AvgIpc) is 3.86. The molecule has 0 bridgehead atoms. The van der Waals surface area contributed by atoms with E-state index in [4.69, 9.17) is 0 Å². The largest absolute Gasteiger partial charge is 0.310 e. The van der Waals surface area contributed by atoms with Crippen LogP contribution in [-0.2, 0) is 0 Å². The van der Waals surface area contributed by atoms with Gasteiger partial charge in [0.1, 0.15) is 0 Å². The van der Waals surface area contributed by atoms with Crippen LogP contribution in [0.1, 0.15) is 0 Å². The quantitative estimate of drug-likeness (QED) is 0.169. The summed E-state index contributed by atoms with van der Waals surface area (Å²) >= 11 is 1.86. The van der Waals surface area contributed by atoms with E-state index in [2.05, 4.69) is 190 Å². The van der Waals surface area contributed by atoms with Crippen LogP contribution in [0.4, 0.5) is 17.1 Å². The van der Waals surface area contributed by atoms with Gasteiger partial charge >= 0.3 is 0 Å². The van der Waals surface area contributed by atoms with Crippen molar-refractivity contribution >= 4 is 103 Å². The molecule has 4 heteroatoms. The van der Waals surface area contributed by atoms with Crippen molar-refractivity contribution in [1.82, 2.24) is 8.80 Å². The average molecular weight is 680 g/mol. The lowest BCUT2D eigenvalue weighted by Crippen LogP contribution is -2.09. The van der Waals surface area contributed by atoms with Crippen molar-refractivity contribution < 1.29 is 0 Å². The summed E-state index contributed by atoms with van der Waals surface area (Å²) in [5, 5.41) is 7.80. The first-order valence-electron chi connectivity index (χ1n) is 17.8. The third kappa shape index (κ3) is 3.79. The summed E-state index contributed by atoms with van der Waals surface area (Å²) < 4.78 is 7.60. The minimum absolute atomic E-state index is 1.13. The highest BCUT2D eigenvalue weighted by molar-refractivity contribution is 7.25. The smallest absolute Gasteiger partial charge is 0.0789 e. The molecule has 0 aliphatic heterocycles. The molecule has 0 spiro atoms. The van der Waals surface area contributed by atoms with E-state index in [9.17, 15) is 0 Å². The number of thiophene rings is 1. The van der Waals surface area contributed by atoms with Gasteiger partial charge in [-0.1, -0.05) is 109 Å². The molecule has 0 saturated carbocycles. The minimum Gasteiger partial charge on any atom is -0.310 e. The molecule has 4 heterocycles. The summed E-state index contributed by atoms with van der Waals surface area (Å²) in [6.45, 7) is 0. The summed E-state index contributed by atoms with van der Waals surface area (Å²) in [4.78, 5) is 2.36. The molecule has 0 saturated heterocycles. The van der Waals surface area contributed by atoms with Crippen LogP contribution in [0.5, 0.6) is 0 Å². The topological polar surface area (TPSA) is 12.1 Å². The lowest BCUT2D eigenvalue weighted by molar-refractivity contribution is 1.25. The monoisotopic (exact) mass is 679 g/mol. The maximum Gasteiger partial charge on any atom is 0.0789 e. The zero-order chi connectivity index (χ0) is 33.9. The van der Waals surface area contributed by atoms with Gasteiger partial charge in [0.25, 0.3) is 0 Å². The van der Waals surface area contributed by atoms with E-state index in [0.29, 0.717) is 0 Å². The van der Waals surface area contributed by atoms with Crippen molar-refractivity contribution in [2.45, 2.75) is 0 Å². The summed E-state index contributed by atoms with van der Waals surface area (Å²) in [6.07, 6.45) is 0. The SMILES string of the molecule is c1ccc(N(c2ccc(-c3ccc4c(c3)n3c5ccccc5c5ccc6c7ccccc7n4c6c53)cc2)c2ccc3c(c2)sc2ccccc23)cc1. The number of hydrogen-bond acceptors (Lipinski definition) is 2.